The molecule has 0 unspecified atom stereocenters. The molecule has 0 aliphatic heterocycles. The van der Waals surface area contributed by atoms with E-state index in [-0.39, 0.29) is 6.04 Å². The molecule has 1 N–H and O–H groups in total. The summed E-state index contributed by atoms with van der Waals surface area (Å²) in [6.45, 7) is 2.86. The van der Waals surface area contributed by atoms with Crippen molar-refractivity contribution in [1.29, 1.82) is 0 Å². The van der Waals surface area contributed by atoms with Gasteiger partial charge in [0.25, 0.3) is 0 Å². The van der Waals surface area contributed by atoms with Gasteiger partial charge in [-0.05, 0) is 31.2 Å². The quantitative estimate of drug-likeness (QED) is 0.847. The topological polar surface area (TPSA) is 37.8 Å². The third kappa shape index (κ3) is 2.87. The summed E-state index contributed by atoms with van der Waals surface area (Å²) in [5.74, 6) is 0. The Kier molecular flexibility index (Phi) is 3.62. The lowest BCUT2D eigenvalue weighted by Crippen LogP contribution is -2.19. The van der Waals surface area contributed by atoms with Crippen molar-refractivity contribution >= 4 is 0 Å². The van der Waals surface area contributed by atoms with E-state index in [1.54, 1.807) is 0 Å². The number of hydrogen-bond donors (Lipinski definition) is 1. The molecule has 2 aromatic heterocycles. The van der Waals surface area contributed by atoms with Crippen LogP contribution in [-0.2, 0) is 6.54 Å². The van der Waals surface area contributed by atoms with Crippen LogP contribution in [0.2, 0.25) is 0 Å². The molecule has 2 heterocycles. The lowest BCUT2D eigenvalue weighted by molar-refractivity contribution is 0.555. The maximum Gasteiger partial charge on any atom is 0.0570 e. The molecular formula is C13H15N3. The third-order valence-corrected chi connectivity index (χ3v) is 2.45. The molecule has 0 aromatic carbocycles. The number of nitrogens with zero attached hydrogens (tertiary/aromatic N) is 2. The van der Waals surface area contributed by atoms with Crippen molar-refractivity contribution in [2.75, 3.05) is 0 Å². The lowest BCUT2D eigenvalue weighted by Gasteiger charge is -2.12. The lowest BCUT2D eigenvalue weighted by atomic mass is 10.2. The molecule has 0 aliphatic rings. The van der Waals surface area contributed by atoms with Crippen molar-refractivity contribution in [1.82, 2.24) is 15.3 Å². The second-order valence-electron chi connectivity index (χ2n) is 3.68. The zero-order chi connectivity index (χ0) is 11.2. The van der Waals surface area contributed by atoms with Gasteiger partial charge in [-0.1, -0.05) is 12.1 Å². The van der Waals surface area contributed by atoms with Crippen LogP contribution in [0.5, 0.6) is 0 Å². The van der Waals surface area contributed by atoms with Crippen LogP contribution < -0.4 is 5.32 Å². The van der Waals surface area contributed by atoms with Crippen molar-refractivity contribution in [3.05, 3.63) is 60.2 Å². The Morgan fingerprint density at radius 1 is 1.06 bits per heavy atom. The fourth-order valence-corrected chi connectivity index (χ4v) is 1.50. The van der Waals surface area contributed by atoms with Crippen LogP contribution in [0.25, 0.3) is 0 Å². The minimum Gasteiger partial charge on any atom is -0.303 e. The Labute approximate surface area is 95.6 Å². The maximum absolute atomic E-state index is 4.31. The second-order valence-corrected chi connectivity index (χ2v) is 3.68. The smallest absolute Gasteiger partial charge is 0.0570 e. The van der Waals surface area contributed by atoms with Gasteiger partial charge >= 0.3 is 0 Å². The molecule has 1 atom stereocenters. The first kappa shape index (κ1) is 10.8. The summed E-state index contributed by atoms with van der Waals surface area (Å²) in [4.78, 5) is 8.57. The summed E-state index contributed by atoms with van der Waals surface area (Å²) >= 11 is 0. The molecule has 0 saturated carbocycles. The number of hydrogen-bond acceptors (Lipinski definition) is 3. The number of aromatic nitrogens is 2. The van der Waals surface area contributed by atoms with E-state index in [0.717, 1.165) is 17.9 Å². The van der Waals surface area contributed by atoms with E-state index < -0.39 is 0 Å². The summed E-state index contributed by atoms with van der Waals surface area (Å²) < 4.78 is 0. The Bertz CT molecular complexity index is 414. The van der Waals surface area contributed by atoms with E-state index >= 15 is 0 Å². The van der Waals surface area contributed by atoms with Gasteiger partial charge in [0.2, 0.25) is 0 Å². The fourth-order valence-electron chi connectivity index (χ4n) is 1.50. The molecule has 0 fully saturated rings. The van der Waals surface area contributed by atoms with Crippen LogP contribution in [-0.4, -0.2) is 9.97 Å². The molecule has 3 nitrogen and oxygen atoms in total. The zero-order valence-electron chi connectivity index (χ0n) is 9.30. The number of pyridine rings is 2. The fraction of sp³-hybridized carbons (Fsp3) is 0.231. The first-order valence-electron chi connectivity index (χ1n) is 5.40. The summed E-state index contributed by atoms with van der Waals surface area (Å²) in [7, 11) is 0. The van der Waals surface area contributed by atoms with Gasteiger partial charge in [-0.15, -0.1) is 0 Å². The van der Waals surface area contributed by atoms with Crippen LogP contribution in [0.4, 0.5) is 0 Å². The largest absolute Gasteiger partial charge is 0.303 e. The number of nitrogens with one attached hydrogen (secondary N) is 1. The van der Waals surface area contributed by atoms with Crippen molar-refractivity contribution < 1.29 is 0 Å². The maximum atomic E-state index is 4.31. The highest BCUT2D eigenvalue weighted by Crippen LogP contribution is 2.08. The first-order chi connectivity index (χ1) is 7.86. The van der Waals surface area contributed by atoms with Crippen LogP contribution in [0.15, 0.2) is 48.8 Å². The highest BCUT2D eigenvalue weighted by Gasteiger charge is 2.04. The average Bonchev–Trinajstić information content (AvgIpc) is 2.38. The summed E-state index contributed by atoms with van der Waals surface area (Å²) in [5.41, 5.74) is 2.10. The molecule has 0 bridgehead atoms. The normalized spacial score (nSPS) is 12.3. The van der Waals surface area contributed by atoms with Gasteiger partial charge in [0.1, 0.15) is 0 Å². The molecular weight excluding hydrogens is 198 g/mol. The molecule has 2 rings (SSSR count). The van der Waals surface area contributed by atoms with E-state index in [9.17, 15) is 0 Å². The SMILES string of the molecule is C[C@H](NCc1ccccn1)c1ccccn1. The molecule has 16 heavy (non-hydrogen) atoms. The van der Waals surface area contributed by atoms with Crippen molar-refractivity contribution in [3.8, 4) is 0 Å². The van der Waals surface area contributed by atoms with E-state index in [1.807, 2.05) is 48.8 Å². The van der Waals surface area contributed by atoms with Crippen LogP contribution in [0.3, 0.4) is 0 Å². The van der Waals surface area contributed by atoms with E-state index in [4.69, 9.17) is 0 Å². The Hall–Kier alpha value is -1.74. The van der Waals surface area contributed by atoms with Crippen LogP contribution in [0, 0.1) is 0 Å². The predicted octanol–water partition coefficient (Wildman–Crippen LogP) is 2.33. The van der Waals surface area contributed by atoms with Crippen LogP contribution in [0.1, 0.15) is 24.4 Å². The van der Waals surface area contributed by atoms with E-state index in [2.05, 4.69) is 22.2 Å². The van der Waals surface area contributed by atoms with E-state index in [1.165, 1.54) is 0 Å². The molecule has 0 aliphatic carbocycles. The number of rotatable bonds is 4. The van der Waals surface area contributed by atoms with Crippen molar-refractivity contribution in [2.24, 2.45) is 0 Å². The minimum absolute atomic E-state index is 0.239. The summed E-state index contributed by atoms with van der Waals surface area (Å²) in [6.07, 6.45) is 3.62. The Morgan fingerprint density at radius 3 is 2.44 bits per heavy atom. The Morgan fingerprint density at radius 2 is 1.81 bits per heavy atom. The van der Waals surface area contributed by atoms with Gasteiger partial charge in [-0.25, -0.2) is 0 Å². The molecule has 0 amide bonds. The summed E-state index contributed by atoms with van der Waals surface area (Å²) in [6, 6.07) is 12.1. The standard InChI is InChI=1S/C13H15N3/c1-11(13-7-3-5-9-15-13)16-10-12-6-2-4-8-14-12/h2-9,11,16H,10H2,1H3/t11-/m0/s1. The van der Waals surface area contributed by atoms with Gasteiger partial charge in [-0.3, -0.25) is 9.97 Å². The summed E-state index contributed by atoms with van der Waals surface area (Å²) in [5, 5.41) is 3.39. The predicted molar refractivity (Wildman–Crippen MR) is 63.7 cm³/mol. The monoisotopic (exact) mass is 213 g/mol. The average molecular weight is 213 g/mol. The molecule has 82 valence electrons. The first-order valence-corrected chi connectivity index (χ1v) is 5.40. The molecule has 0 spiro atoms. The van der Waals surface area contributed by atoms with Gasteiger partial charge in [-0.2, -0.15) is 0 Å². The second kappa shape index (κ2) is 5.37. The van der Waals surface area contributed by atoms with Gasteiger partial charge in [0.15, 0.2) is 0 Å². The highest BCUT2D eigenvalue weighted by molar-refractivity contribution is 5.09. The van der Waals surface area contributed by atoms with E-state index in [0.29, 0.717) is 0 Å². The van der Waals surface area contributed by atoms with Crippen LogP contribution >= 0.6 is 0 Å². The highest BCUT2D eigenvalue weighted by atomic mass is 14.9. The van der Waals surface area contributed by atoms with Gasteiger partial charge < -0.3 is 5.32 Å². The zero-order valence-corrected chi connectivity index (χ0v) is 9.30. The molecule has 0 saturated heterocycles. The molecule has 3 heteroatoms. The van der Waals surface area contributed by atoms with Crippen molar-refractivity contribution in [2.45, 2.75) is 19.5 Å². The molecule has 0 radical (unpaired) electrons. The molecule has 2 aromatic rings. The van der Waals surface area contributed by atoms with Crippen molar-refractivity contribution in [3.63, 3.8) is 0 Å². The minimum atomic E-state index is 0.239. The van der Waals surface area contributed by atoms with Gasteiger partial charge in [0.05, 0.1) is 11.4 Å². The van der Waals surface area contributed by atoms with Gasteiger partial charge in [0, 0.05) is 25.0 Å². The Balaban J connectivity index is 1.92. The third-order valence-electron chi connectivity index (χ3n) is 2.45.